The molecular formula is C15H21NO4. The topological polar surface area (TPSA) is 86.6 Å². The highest BCUT2D eigenvalue weighted by molar-refractivity contribution is 5.88. The third-order valence-corrected chi connectivity index (χ3v) is 2.99. The summed E-state index contributed by atoms with van der Waals surface area (Å²) in [6.45, 7) is 3.84. The Morgan fingerprint density at radius 2 is 2.05 bits per heavy atom. The molecular weight excluding hydrogens is 258 g/mol. The van der Waals surface area contributed by atoms with E-state index in [1.54, 1.807) is 19.1 Å². The number of aromatic carboxylic acids is 1. The average Bonchev–Trinajstić information content (AvgIpc) is 2.37. The molecule has 0 aliphatic heterocycles. The van der Waals surface area contributed by atoms with Crippen molar-refractivity contribution < 1.29 is 19.8 Å². The maximum absolute atomic E-state index is 11.8. The van der Waals surface area contributed by atoms with Gasteiger partial charge in [0.15, 0.2) is 0 Å². The van der Waals surface area contributed by atoms with Gasteiger partial charge in [0.1, 0.15) is 0 Å². The zero-order valence-electron chi connectivity index (χ0n) is 11.8. The van der Waals surface area contributed by atoms with Gasteiger partial charge in [0.05, 0.1) is 17.6 Å². The second kappa shape index (κ2) is 7.05. The normalized spacial score (nSPS) is 13.6. The van der Waals surface area contributed by atoms with E-state index < -0.39 is 11.6 Å². The lowest BCUT2D eigenvalue weighted by molar-refractivity contribution is -0.121. The Morgan fingerprint density at radius 3 is 2.65 bits per heavy atom. The maximum atomic E-state index is 11.8. The van der Waals surface area contributed by atoms with Gasteiger partial charge in [0, 0.05) is 6.54 Å². The zero-order valence-corrected chi connectivity index (χ0v) is 11.8. The van der Waals surface area contributed by atoms with Crippen LogP contribution in [0.3, 0.4) is 0 Å². The molecule has 1 atom stereocenters. The molecule has 3 N–H and O–H groups in total. The first kappa shape index (κ1) is 16.2. The lowest BCUT2D eigenvalue weighted by atomic mass is 10.0. The molecule has 0 bridgehead atoms. The van der Waals surface area contributed by atoms with Crippen molar-refractivity contribution in [3.8, 4) is 0 Å². The second-order valence-electron chi connectivity index (χ2n) is 5.21. The van der Waals surface area contributed by atoms with Crippen molar-refractivity contribution in [1.82, 2.24) is 5.32 Å². The molecule has 1 rings (SSSR count). The summed E-state index contributed by atoms with van der Waals surface area (Å²) in [5.74, 6) is -1.25. The Bertz CT molecular complexity index is 483. The molecule has 0 aliphatic rings. The van der Waals surface area contributed by atoms with E-state index in [0.717, 1.165) is 6.42 Å². The number of amides is 1. The van der Waals surface area contributed by atoms with Crippen LogP contribution in [0.4, 0.5) is 0 Å². The molecule has 0 aromatic heterocycles. The van der Waals surface area contributed by atoms with Crippen LogP contribution in [-0.4, -0.2) is 34.2 Å². The van der Waals surface area contributed by atoms with Crippen LogP contribution >= 0.6 is 0 Å². The van der Waals surface area contributed by atoms with Crippen molar-refractivity contribution >= 4 is 11.9 Å². The molecule has 20 heavy (non-hydrogen) atoms. The number of carbonyl (C=O) groups is 2. The average molecular weight is 279 g/mol. The minimum absolute atomic E-state index is 0.101. The van der Waals surface area contributed by atoms with Crippen LogP contribution < -0.4 is 5.32 Å². The number of nitrogens with one attached hydrogen (secondary N) is 1. The molecule has 0 saturated carbocycles. The minimum Gasteiger partial charge on any atom is -0.478 e. The van der Waals surface area contributed by atoms with Crippen molar-refractivity contribution in [3.63, 3.8) is 0 Å². The zero-order chi connectivity index (χ0) is 15.2. The second-order valence-corrected chi connectivity index (χ2v) is 5.21. The van der Waals surface area contributed by atoms with E-state index in [1.807, 2.05) is 6.92 Å². The van der Waals surface area contributed by atoms with E-state index >= 15 is 0 Å². The number of aliphatic hydroxyl groups is 1. The van der Waals surface area contributed by atoms with Crippen LogP contribution in [0.15, 0.2) is 24.3 Å². The molecule has 110 valence electrons. The van der Waals surface area contributed by atoms with Crippen LogP contribution in [0.25, 0.3) is 0 Å². The van der Waals surface area contributed by atoms with E-state index in [2.05, 4.69) is 5.32 Å². The summed E-state index contributed by atoms with van der Waals surface area (Å²) in [4.78, 5) is 22.6. The Balaban J connectivity index is 2.54. The number of rotatable bonds is 7. The molecule has 1 amide bonds. The molecule has 5 heteroatoms. The van der Waals surface area contributed by atoms with Gasteiger partial charge in [-0.3, -0.25) is 4.79 Å². The van der Waals surface area contributed by atoms with Crippen LogP contribution in [0, 0.1) is 0 Å². The van der Waals surface area contributed by atoms with Crippen molar-refractivity contribution in [2.75, 3.05) is 6.54 Å². The number of carboxylic acid groups (broad SMARTS) is 1. The van der Waals surface area contributed by atoms with Crippen molar-refractivity contribution in [2.24, 2.45) is 0 Å². The highest BCUT2D eigenvalue weighted by Gasteiger charge is 2.19. The lowest BCUT2D eigenvalue weighted by Crippen LogP contribution is -2.41. The SMILES string of the molecule is CCCC(C)(O)CNC(=O)Cc1cccc(C(=O)O)c1. The monoisotopic (exact) mass is 279 g/mol. The van der Waals surface area contributed by atoms with Gasteiger partial charge in [-0.25, -0.2) is 4.79 Å². The highest BCUT2D eigenvalue weighted by Crippen LogP contribution is 2.10. The quantitative estimate of drug-likeness (QED) is 0.707. The van der Waals surface area contributed by atoms with Crippen molar-refractivity contribution in [2.45, 2.75) is 38.7 Å². The van der Waals surface area contributed by atoms with Gasteiger partial charge in [-0.1, -0.05) is 25.5 Å². The molecule has 1 unspecified atom stereocenters. The van der Waals surface area contributed by atoms with Gasteiger partial charge in [0.25, 0.3) is 0 Å². The Morgan fingerprint density at radius 1 is 1.35 bits per heavy atom. The molecule has 0 heterocycles. The van der Waals surface area contributed by atoms with E-state index in [4.69, 9.17) is 5.11 Å². The van der Waals surface area contributed by atoms with Gasteiger partial charge >= 0.3 is 5.97 Å². The molecule has 0 spiro atoms. The fourth-order valence-electron chi connectivity index (χ4n) is 1.98. The van der Waals surface area contributed by atoms with Crippen LogP contribution in [0.1, 0.15) is 42.6 Å². The molecule has 0 fully saturated rings. The number of hydrogen-bond donors (Lipinski definition) is 3. The van der Waals surface area contributed by atoms with Crippen LogP contribution in [0.5, 0.6) is 0 Å². The summed E-state index contributed by atoms with van der Waals surface area (Å²) in [6, 6.07) is 6.28. The number of carbonyl (C=O) groups excluding carboxylic acids is 1. The molecule has 0 saturated heterocycles. The van der Waals surface area contributed by atoms with Gasteiger partial charge in [0.2, 0.25) is 5.91 Å². The summed E-state index contributed by atoms with van der Waals surface area (Å²) in [5, 5.41) is 21.5. The highest BCUT2D eigenvalue weighted by atomic mass is 16.4. The molecule has 5 nitrogen and oxygen atoms in total. The Kier molecular flexibility index (Phi) is 5.70. The Hall–Kier alpha value is -1.88. The lowest BCUT2D eigenvalue weighted by Gasteiger charge is -2.22. The summed E-state index contributed by atoms with van der Waals surface area (Å²) >= 11 is 0. The van der Waals surface area contributed by atoms with Gasteiger partial charge in [-0.05, 0) is 31.0 Å². The van der Waals surface area contributed by atoms with Crippen molar-refractivity contribution in [3.05, 3.63) is 35.4 Å². The maximum Gasteiger partial charge on any atom is 0.335 e. The van der Waals surface area contributed by atoms with E-state index in [1.165, 1.54) is 12.1 Å². The molecule has 0 radical (unpaired) electrons. The summed E-state index contributed by atoms with van der Waals surface area (Å²) in [5.41, 5.74) is -0.112. The third kappa shape index (κ3) is 5.40. The summed E-state index contributed by atoms with van der Waals surface area (Å²) in [6.07, 6.45) is 1.55. The fraction of sp³-hybridized carbons (Fsp3) is 0.467. The first-order valence-electron chi connectivity index (χ1n) is 6.65. The number of hydrogen-bond acceptors (Lipinski definition) is 3. The van der Waals surface area contributed by atoms with Crippen molar-refractivity contribution in [1.29, 1.82) is 0 Å². The number of carboxylic acids is 1. The first-order valence-corrected chi connectivity index (χ1v) is 6.65. The Labute approximate surface area is 118 Å². The predicted octanol–water partition coefficient (Wildman–Crippen LogP) is 1.59. The van der Waals surface area contributed by atoms with Gasteiger partial charge < -0.3 is 15.5 Å². The standard InChI is InChI=1S/C15H21NO4/c1-3-7-15(2,20)10-16-13(17)9-11-5-4-6-12(8-11)14(18)19/h4-6,8,20H,3,7,9-10H2,1-2H3,(H,16,17)(H,18,19). The van der Waals surface area contributed by atoms with Crippen LogP contribution in [-0.2, 0) is 11.2 Å². The smallest absolute Gasteiger partial charge is 0.335 e. The molecule has 0 aliphatic carbocycles. The summed E-state index contributed by atoms with van der Waals surface area (Å²) < 4.78 is 0. The first-order chi connectivity index (χ1) is 9.34. The predicted molar refractivity (Wildman–Crippen MR) is 75.6 cm³/mol. The van der Waals surface area contributed by atoms with Gasteiger partial charge in [-0.2, -0.15) is 0 Å². The van der Waals surface area contributed by atoms with Gasteiger partial charge in [-0.15, -0.1) is 0 Å². The van der Waals surface area contributed by atoms with E-state index in [9.17, 15) is 14.7 Å². The largest absolute Gasteiger partial charge is 0.478 e. The molecule has 1 aromatic carbocycles. The van der Waals surface area contributed by atoms with E-state index in [-0.39, 0.29) is 24.4 Å². The molecule has 1 aromatic rings. The third-order valence-electron chi connectivity index (χ3n) is 2.99. The number of benzene rings is 1. The summed E-state index contributed by atoms with van der Waals surface area (Å²) in [7, 11) is 0. The fourth-order valence-corrected chi connectivity index (χ4v) is 1.98. The van der Waals surface area contributed by atoms with Crippen LogP contribution in [0.2, 0.25) is 0 Å². The van der Waals surface area contributed by atoms with E-state index in [0.29, 0.717) is 12.0 Å². The minimum atomic E-state index is -1.02.